The number of nitrogens with two attached hydrogens (primary N) is 1. The van der Waals surface area contributed by atoms with Crippen molar-refractivity contribution in [1.82, 2.24) is 5.32 Å². The molecule has 0 amide bonds. The van der Waals surface area contributed by atoms with Gasteiger partial charge in [0.05, 0.1) is 17.8 Å². The van der Waals surface area contributed by atoms with Crippen LogP contribution in [0, 0.1) is 0 Å². The molecule has 72 valence electrons. The summed E-state index contributed by atoms with van der Waals surface area (Å²) in [6.45, 7) is 0.751. The summed E-state index contributed by atoms with van der Waals surface area (Å²) in [6.07, 6.45) is -0.0394. The lowest BCUT2D eigenvalue weighted by molar-refractivity contribution is 0.567. The van der Waals surface area contributed by atoms with E-state index in [1.165, 1.54) is 20.7 Å². The van der Waals surface area contributed by atoms with Crippen LogP contribution in [0.25, 0.3) is 10.1 Å². The molecule has 4 N–H and O–H groups in total. The van der Waals surface area contributed by atoms with Crippen molar-refractivity contribution < 1.29 is 0 Å². The number of nitrogens with one attached hydrogen (secondary N) is 2. The second-order valence-electron chi connectivity index (χ2n) is 3.38. The summed E-state index contributed by atoms with van der Waals surface area (Å²) in [5, 5.41) is 8.97. The molecule has 3 rings (SSSR count). The molecule has 4 heteroatoms. The van der Waals surface area contributed by atoms with Crippen molar-refractivity contribution in [2.45, 2.75) is 6.17 Å². The van der Waals surface area contributed by atoms with E-state index >= 15 is 0 Å². The normalized spacial score (nSPS) is 20.5. The largest absolute Gasteiger partial charge is 0.364 e. The van der Waals surface area contributed by atoms with Crippen LogP contribution in [-0.2, 0) is 0 Å². The number of rotatable bonds is 0. The van der Waals surface area contributed by atoms with Crippen LogP contribution >= 0.6 is 11.3 Å². The van der Waals surface area contributed by atoms with Crippen LogP contribution < -0.4 is 16.4 Å². The highest BCUT2D eigenvalue weighted by Gasteiger charge is 2.20. The van der Waals surface area contributed by atoms with Gasteiger partial charge >= 0.3 is 0 Å². The molecule has 2 aromatic rings. The van der Waals surface area contributed by atoms with Gasteiger partial charge in [-0.2, -0.15) is 0 Å². The molecule has 0 aliphatic carbocycles. The van der Waals surface area contributed by atoms with Crippen molar-refractivity contribution in [2.24, 2.45) is 5.73 Å². The maximum atomic E-state index is 6.01. The highest BCUT2D eigenvalue weighted by Crippen LogP contribution is 2.39. The zero-order valence-corrected chi connectivity index (χ0v) is 8.40. The Hall–Kier alpha value is -1.10. The van der Waals surface area contributed by atoms with Crippen molar-refractivity contribution in [2.75, 3.05) is 12.0 Å². The van der Waals surface area contributed by atoms with Crippen molar-refractivity contribution in [1.29, 1.82) is 0 Å². The maximum absolute atomic E-state index is 6.01. The lowest BCUT2D eigenvalue weighted by Gasteiger charge is -2.22. The van der Waals surface area contributed by atoms with Gasteiger partial charge < -0.3 is 11.1 Å². The molecule has 1 aliphatic heterocycles. The first kappa shape index (κ1) is 8.23. The Morgan fingerprint density at radius 2 is 2.21 bits per heavy atom. The van der Waals surface area contributed by atoms with E-state index in [9.17, 15) is 0 Å². The monoisotopic (exact) mass is 205 g/mol. The number of anilines is 1. The Kier molecular flexibility index (Phi) is 1.73. The molecule has 0 radical (unpaired) electrons. The lowest BCUT2D eigenvalue weighted by Crippen LogP contribution is -2.36. The molecule has 14 heavy (non-hydrogen) atoms. The summed E-state index contributed by atoms with van der Waals surface area (Å²) in [5.41, 5.74) is 7.22. The van der Waals surface area contributed by atoms with E-state index in [-0.39, 0.29) is 6.17 Å². The number of fused-ring (bicyclic) bond motifs is 3. The Balaban J connectivity index is 2.34. The number of hydrogen-bond donors (Lipinski definition) is 3. The van der Waals surface area contributed by atoms with Crippen LogP contribution in [0.3, 0.4) is 0 Å². The average molecular weight is 205 g/mol. The molecule has 1 aliphatic rings. The summed E-state index contributed by atoms with van der Waals surface area (Å²) in [5.74, 6) is 0. The van der Waals surface area contributed by atoms with Crippen molar-refractivity contribution in [3.05, 3.63) is 29.8 Å². The first-order valence-electron chi connectivity index (χ1n) is 4.60. The maximum Gasteiger partial charge on any atom is 0.0967 e. The van der Waals surface area contributed by atoms with Crippen LogP contribution in [0.2, 0.25) is 0 Å². The van der Waals surface area contributed by atoms with E-state index in [2.05, 4.69) is 34.9 Å². The van der Waals surface area contributed by atoms with Crippen LogP contribution in [0.15, 0.2) is 24.3 Å². The first-order valence-corrected chi connectivity index (χ1v) is 5.42. The molecule has 1 aromatic heterocycles. The predicted molar refractivity (Wildman–Crippen MR) is 60.4 cm³/mol. The highest BCUT2D eigenvalue weighted by atomic mass is 32.1. The molecule has 2 heterocycles. The van der Waals surface area contributed by atoms with Crippen molar-refractivity contribution >= 4 is 26.4 Å². The minimum atomic E-state index is -0.0394. The first-order chi connectivity index (χ1) is 6.86. The van der Waals surface area contributed by atoms with Gasteiger partial charge in [0.15, 0.2) is 0 Å². The third kappa shape index (κ3) is 1.05. The van der Waals surface area contributed by atoms with Gasteiger partial charge in [-0.3, -0.25) is 5.32 Å². The van der Waals surface area contributed by atoms with Gasteiger partial charge in [-0.25, -0.2) is 0 Å². The predicted octanol–water partition coefficient (Wildman–Crippen LogP) is 1.83. The quantitative estimate of drug-likeness (QED) is 0.615. The summed E-state index contributed by atoms with van der Waals surface area (Å²) in [4.78, 5) is 0. The summed E-state index contributed by atoms with van der Waals surface area (Å²) < 4.78 is 1.30. The number of thiophene rings is 1. The van der Waals surface area contributed by atoms with E-state index in [1.807, 2.05) is 0 Å². The molecule has 0 fully saturated rings. The molecule has 1 atom stereocenters. The van der Waals surface area contributed by atoms with E-state index < -0.39 is 0 Å². The second kappa shape index (κ2) is 2.95. The zero-order chi connectivity index (χ0) is 9.54. The molecule has 0 saturated carbocycles. The van der Waals surface area contributed by atoms with E-state index in [0.717, 1.165) is 6.67 Å². The van der Waals surface area contributed by atoms with Crippen molar-refractivity contribution in [3.8, 4) is 0 Å². The van der Waals surface area contributed by atoms with E-state index in [0.29, 0.717) is 0 Å². The van der Waals surface area contributed by atoms with Gasteiger partial charge in [-0.15, -0.1) is 11.3 Å². The minimum Gasteiger partial charge on any atom is -0.364 e. The third-order valence-electron chi connectivity index (χ3n) is 2.52. The van der Waals surface area contributed by atoms with Crippen LogP contribution in [-0.4, -0.2) is 6.67 Å². The Morgan fingerprint density at radius 3 is 3.14 bits per heavy atom. The van der Waals surface area contributed by atoms with Crippen LogP contribution in [0.1, 0.15) is 11.7 Å². The van der Waals surface area contributed by atoms with Crippen molar-refractivity contribution in [3.63, 3.8) is 0 Å². The smallest absolute Gasteiger partial charge is 0.0967 e. The van der Waals surface area contributed by atoms with Crippen LogP contribution in [0.5, 0.6) is 0 Å². The lowest BCUT2D eigenvalue weighted by atomic mass is 10.1. The molecule has 0 saturated heterocycles. The fraction of sp³-hybridized carbons (Fsp3) is 0.200. The standard InChI is InChI=1S/C10H11N3S/c11-9-8-6-3-1-2-4-7(6)14-10(8)13-5-12-9/h1-4,9,12-13H,5,11H2. The minimum absolute atomic E-state index is 0.0394. The SMILES string of the molecule is NC1NCNc2sc3ccccc3c21. The van der Waals surface area contributed by atoms with Gasteiger partial charge in [0.1, 0.15) is 0 Å². The Morgan fingerprint density at radius 1 is 1.36 bits per heavy atom. The molecule has 3 nitrogen and oxygen atoms in total. The molecule has 1 aromatic carbocycles. The molecular formula is C10H11N3S. The fourth-order valence-corrected chi connectivity index (χ4v) is 2.99. The average Bonchev–Trinajstić information content (AvgIpc) is 2.57. The Bertz CT molecular complexity index is 477. The van der Waals surface area contributed by atoms with Gasteiger partial charge in [-0.05, 0) is 6.07 Å². The Labute approximate surface area is 85.9 Å². The van der Waals surface area contributed by atoms with E-state index in [4.69, 9.17) is 5.73 Å². The van der Waals surface area contributed by atoms with Crippen LogP contribution in [0.4, 0.5) is 5.00 Å². The summed E-state index contributed by atoms with van der Waals surface area (Å²) in [6, 6.07) is 8.37. The fourth-order valence-electron chi connectivity index (χ4n) is 1.85. The van der Waals surface area contributed by atoms with E-state index in [1.54, 1.807) is 11.3 Å². The number of benzene rings is 1. The molecular weight excluding hydrogens is 194 g/mol. The summed E-state index contributed by atoms with van der Waals surface area (Å²) >= 11 is 1.77. The molecule has 1 unspecified atom stereocenters. The summed E-state index contributed by atoms with van der Waals surface area (Å²) in [7, 11) is 0. The zero-order valence-electron chi connectivity index (χ0n) is 7.58. The molecule has 0 spiro atoms. The molecule has 0 bridgehead atoms. The topological polar surface area (TPSA) is 50.1 Å². The number of hydrogen-bond acceptors (Lipinski definition) is 4. The highest BCUT2D eigenvalue weighted by molar-refractivity contribution is 7.23. The van der Waals surface area contributed by atoms with Gasteiger partial charge in [0, 0.05) is 15.6 Å². The van der Waals surface area contributed by atoms with Gasteiger partial charge in [0.25, 0.3) is 0 Å². The van der Waals surface area contributed by atoms with Gasteiger partial charge in [-0.1, -0.05) is 18.2 Å². The van der Waals surface area contributed by atoms with Gasteiger partial charge in [0.2, 0.25) is 0 Å². The second-order valence-corrected chi connectivity index (χ2v) is 4.43. The third-order valence-corrected chi connectivity index (χ3v) is 3.66.